The molecule has 6 aromatic heterocycles. The van der Waals surface area contributed by atoms with E-state index in [1.807, 2.05) is 30.3 Å². The number of alkyl halides is 3. The predicted molar refractivity (Wildman–Crippen MR) is 421 cm³/mol. The summed E-state index contributed by atoms with van der Waals surface area (Å²) in [7, 11) is 0. The number of fused-ring (bicyclic) bond motifs is 18. The van der Waals surface area contributed by atoms with Crippen LogP contribution in [0.2, 0.25) is 0 Å². The zero-order valence-electron chi connectivity index (χ0n) is 55.3. The average molecular weight is 1340 g/mol. The van der Waals surface area contributed by atoms with Crippen molar-refractivity contribution in [1.82, 2.24) is 27.4 Å². The minimum Gasteiger partial charge on any atom is -0.309 e. The van der Waals surface area contributed by atoms with Gasteiger partial charge in [-0.15, -0.1) is 0 Å². The van der Waals surface area contributed by atoms with Crippen LogP contribution in [0.25, 0.3) is 197 Å². The fourth-order valence-electron chi connectivity index (χ4n) is 17.1. The second kappa shape index (κ2) is 22.2. The van der Waals surface area contributed by atoms with Crippen molar-refractivity contribution in [3.8, 4) is 56.4 Å². The van der Waals surface area contributed by atoms with Gasteiger partial charge >= 0.3 is 6.18 Å². The third-order valence-corrected chi connectivity index (χ3v) is 21.5. The van der Waals surface area contributed by atoms with E-state index in [1.165, 1.54) is 6.07 Å². The van der Waals surface area contributed by atoms with Crippen molar-refractivity contribution in [3.63, 3.8) is 0 Å². The number of nitrogens with zero attached hydrogens (tertiary/aromatic N) is 8. The molecule has 0 saturated carbocycles. The third kappa shape index (κ3) is 8.53. The number of hydrogen-bond donors (Lipinski definition) is 0. The summed E-state index contributed by atoms with van der Waals surface area (Å²) >= 11 is 0. The molecule has 0 bridgehead atoms. The van der Waals surface area contributed by atoms with Crippen molar-refractivity contribution in [2.45, 2.75) is 6.18 Å². The molecule has 486 valence electrons. The lowest BCUT2D eigenvalue weighted by Gasteiger charge is -2.21. The summed E-state index contributed by atoms with van der Waals surface area (Å²) in [4.78, 5) is 7.95. The molecule has 0 aliphatic rings. The van der Waals surface area contributed by atoms with Crippen LogP contribution in [0, 0.1) is 13.1 Å². The molecular weight excluding hydrogens is 1290 g/mol. The molecule has 0 spiro atoms. The van der Waals surface area contributed by atoms with Crippen LogP contribution < -0.4 is 0 Å². The quantitative estimate of drug-likeness (QED) is 0.136. The van der Waals surface area contributed by atoms with E-state index in [0.717, 1.165) is 177 Å². The third-order valence-electron chi connectivity index (χ3n) is 21.5. The fraction of sp³-hybridized carbons (Fsp3) is 0.0108. The number of rotatable bonds is 8. The molecule has 0 fully saturated rings. The zero-order valence-corrected chi connectivity index (χ0v) is 55.3. The highest BCUT2D eigenvalue weighted by molar-refractivity contribution is 6.17. The second-order valence-electron chi connectivity index (χ2n) is 26.8. The lowest BCUT2D eigenvalue weighted by atomic mass is 9.91. The van der Waals surface area contributed by atoms with Gasteiger partial charge in [0.05, 0.1) is 85.0 Å². The van der Waals surface area contributed by atoms with Crippen LogP contribution in [0.4, 0.5) is 24.5 Å². The van der Waals surface area contributed by atoms with Gasteiger partial charge in [-0.25, -0.2) is 9.69 Å². The molecular formula is C93H53F3N8. The van der Waals surface area contributed by atoms with Crippen LogP contribution in [-0.2, 0) is 6.18 Å². The Morgan fingerprint density at radius 2 is 0.510 bits per heavy atom. The lowest BCUT2D eigenvalue weighted by Crippen LogP contribution is -2.04. The van der Waals surface area contributed by atoms with Gasteiger partial charge < -0.3 is 27.4 Å². The summed E-state index contributed by atoms with van der Waals surface area (Å²) in [5.74, 6) is 0. The van der Waals surface area contributed by atoms with E-state index in [4.69, 9.17) is 13.1 Å². The molecule has 104 heavy (non-hydrogen) atoms. The summed E-state index contributed by atoms with van der Waals surface area (Å²) in [6.45, 7) is 17.3. The van der Waals surface area contributed by atoms with Gasteiger partial charge in [0.15, 0.2) is 11.4 Å². The fourth-order valence-corrected chi connectivity index (χ4v) is 17.1. The zero-order chi connectivity index (χ0) is 69.2. The molecule has 21 rings (SSSR count). The Balaban J connectivity index is 0.846. The topological polar surface area (TPSA) is 38.3 Å². The molecule has 0 saturated heterocycles. The Kier molecular flexibility index (Phi) is 12.5. The van der Waals surface area contributed by atoms with Crippen molar-refractivity contribution >= 4 is 142 Å². The van der Waals surface area contributed by atoms with E-state index in [1.54, 1.807) is 0 Å². The maximum absolute atomic E-state index is 14.8. The molecule has 21 aromatic rings. The molecule has 0 unspecified atom stereocenters. The Bertz CT molecular complexity index is 6840. The highest BCUT2D eigenvalue weighted by Gasteiger charge is 2.32. The minimum atomic E-state index is -4.71. The van der Waals surface area contributed by atoms with Gasteiger partial charge in [0.2, 0.25) is 0 Å². The summed E-state index contributed by atoms with van der Waals surface area (Å²) in [6, 6.07) is 110. The van der Waals surface area contributed by atoms with Crippen LogP contribution >= 0.6 is 0 Å². The number of aromatic nitrogens is 6. The van der Waals surface area contributed by atoms with E-state index in [2.05, 4.69) is 310 Å². The molecule has 0 radical (unpaired) electrons. The maximum Gasteiger partial charge on any atom is 0.415 e. The molecule has 0 amide bonds. The monoisotopic (exact) mass is 1340 g/mol. The highest BCUT2D eigenvalue weighted by Crippen LogP contribution is 2.49. The standard InChI is InChI=1S/C93H53F3N8/c1-97-57-36-44-90(104-91-47-40-61(101-84-31-15-7-23-69(84)70-24-8-16-32-85(70)101)54-77(91)78-55-62(41-48-92(78)104)102-86-33-17-9-25-71(86)72-26-10-18-34-87(72)102)74(50-57)73-51-58(37-43-63(73)64-42-35-56(93(94,95)96)49-79(64)98-2)103-88-45-38-59(99-80-27-11-3-19-65(80)66-20-4-12-28-81(66)99)52-75(88)76-53-60(39-46-89(76)103)100-82-29-13-5-21-67(82)68-22-6-14-30-83(68)100/h3-55H. The largest absolute Gasteiger partial charge is 0.415 e. The molecule has 11 heteroatoms. The van der Waals surface area contributed by atoms with Crippen molar-refractivity contribution in [3.05, 3.63) is 350 Å². The summed E-state index contributed by atoms with van der Waals surface area (Å²) < 4.78 is 58.4. The Morgan fingerprint density at radius 1 is 0.221 bits per heavy atom. The van der Waals surface area contributed by atoms with Gasteiger partial charge in [-0.05, 0) is 174 Å². The Hall–Kier alpha value is -14.1. The molecule has 8 nitrogen and oxygen atoms in total. The van der Waals surface area contributed by atoms with Gasteiger partial charge in [-0.1, -0.05) is 170 Å². The smallest absolute Gasteiger partial charge is 0.309 e. The first-order valence-electron chi connectivity index (χ1n) is 34.5. The van der Waals surface area contributed by atoms with Crippen LogP contribution in [0.15, 0.2) is 322 Å². The molecule has 6 heterocycles. The first-order valence-corrected chi connectivity index (χ1v) is 34.5. The number of halogens is 3. The predicted octanol–water partition coefficient (Wildman–Crippen LogP) is 25.7. The summed E-state index contributed by atoms with van der Waals surface area (Å²) in [5, 5.41) is 13.1. The highest BCUT2D eigenvalue weighted by atomic mass is 19.4. The van der Waals surface area contributed by atoms with Crippen LogP contribution in [0.5, 0.6) is 0 Å². The van der Waals surface area contributed by atoms with E-state index >= 15 is 0 Å². The SMILES string of the molecule is [C-]#[N+]c1ccc(-n2c3ccc(-n4c5ccccc5c5ccccc54)cc3c3cc(-n4c5ccccc5c5ccccc54)ccc32)c(-c2cc(-n3c4ccc(-n5c6ccccc6c6ccccc65)cc4c4cc(-n5c6ccccc6c6ccccc65)ccc43)ccc2-c2ccc(C(F)(F)F)cc2[N+]#[C-])c1. The van der Waals surface area contributed by atoms with Crippen LogP contribution in [0.3, 0.4) is 0 Å². The molecule has 0 atom stereocenters. The van der Waals surface area contributed by atoms with E-state index < -0.39 is 11.7 Å². The normalized spacial score (nSPS) is 12.2. The first-order chi connectivity index (χ1) is 51.1. The Morgan fingerprint density at radius 3 is 0.827 bits per heavy atom. The van der Waals surface area contributed by atoms with Gasteiger partial charge in [0, 0.05) is 98.6 Å². The number of para-hydroxylation sites is 8. The molecule has 0 aliphatic carbocycles. The van der Waals surface area contributed by atoms with Crippen molar-refractivity contribution in [2.24, 2.45) is 0 Å². The van der Waals surface area contributed by atoms with Gasteiger partial charge in [-0.3, -0.25) is 0 Å². The summed E-state index contributed by atoms with van der Waals surface area (Å²) in [5.41, 5.74) is 18.9. The number of hydrogen-bond acceptors (Lipinski definition) is 0. The summed E-state index contributed by atoms with van der Waals surface area (Å²) in [6.07, 6.45) is -4.71. The lowest BCUT2D eigenvalue weighted by molar-refractivity contribution is -0.137. The van der Waals surface area contributed by atoms with Gasteiger partial charge in [0.1, 0.15) is 0 Å². The van der Waals surface area contributed by atoms with Gasteiger partial charge in [0.25, 0.3) is 0 Å². The minimum absolute atomic E-state index is 0.157. The molecule has 0 aliphatic heterocycles. The molecule has 15 aromatic carbocycles. The first kappa shape index (κ1) is 58.8. The molecule has 0 N–H and O–H groups in total. The van der Waals surface area contributed by atoms with Crippen LogP contribution in [-0.4, -0.2) is 27.4 Å². The Labute approximate surface area is 591 Å². The van der Waals surface area contributed by atoms with Crippen molar-refractivity contribution < 1.29 is 13.2 Å². The van der Waals surface area contributed by atoms with E-state index in [0.29, 0.717) is 27.9 Å². The van der Waals surface area contributed by atoms with Crippen LogP contribution in [0.1, 0.15) is 5.56 Å². The van der Waals surface area contributed by atoms with E-state index in [9.17, 15) is 13.2 Å². The average Bonchev–Trinajstić information content (AvgIpc) is 1.55. The van der Waals surface area contributed by atoms with Crippen molar-refractivity contribution in [2.75, 3.05) is 0 Å². The van der Waals surface area contributed by atoms with Gasteiger partial charge in [-0.2, -0.15) is 13.2 Å². The maximum atomic E-state index is 14.8. The number of benzene rings is 15. The van der Waals surface area contributed by atoms with E-state index in [-0.39, 0.29) is 5.69 Å². The second-order valence-corrected chi connectivity index (χ2v) is 26.8. The van der Waals surface area contributed by atoms with Crippen molar-refractivity contribution in [1.29, 1.82) is 0 Å².